The quantitative estimate of drug-likeness (QED) is 0.793. The summed E-state index contributed by atoms with van der Waals surface area (Å²) in [5.41, 5.74) is 1.06. The van der Waals surface area contributed by atoms with Crippen LogP contribution in [0.1, 0.15) is 37.1 Å². The molecule has 4 rings (SSSR count). The first-order valence-corrected chi connectivity index (χ1v) is 9.59. The van der Waals surface area contributed by atoms with Crippen molar-refractivity contribution in [3.63, 3.8) is 0 Å². The Labute approximate surface area is 153 Å². The first kappa shape index (κ1) is 17.5. The van der Waals surface area contributed by atoms with Gasteiger partial charge in [0.1, 0.15) is 5.82 Å². The van der Waals surface area contributed by atoms with E-state index in [0.717, 1.165) is 69.9 Å². The van der Waals surface area contributed by atoms with Crippen LogP contribution in [0.4, 0.5) is 4.39 Å². The van der Waals surface area contributed by atoms with Crippen LogP contribution < -0.4 is 0 Å². The molecule has 3 heterocycles. The van der Waals surface area contributed by atoms with Gasteiger partial charge in [-0.05, 0) is 72.7 Å². The molecule has 0 radical (unpaired) electrons. The fraction of sp³-hybridized carbons (Fsp3) is 0.632. The molecule has 26 heavy (non-hydrogen) atoms. The highest BCUT2D eigenvalue weighted by molar-refractivity contribution is 5.17. The lowest BCUT2D eigenvalue weighted by molar-refractivity contribution is 0.0593. The van der Waals surface area contributed by atoms with Crippen molar-refractivity contribution in [2.45, 2.75) is 51.2 Å². The highest BCUT2D eigenvalue weighted by atomic mass is 19.1. The van der Waals surface area contributed by atoms with Crippen LogP contribution in [0.2, 0.25) is 0 Å². The van der Waals surface area contributed by atoms with Crippen LogP contribution in [0.3, 0.4) is 0 Å². The summed E-state index contributed by atoms with van der Waals surface area (Å²) in [6.07, 6.45) is 5.33. The molecule has 140 valence electrons. The molecular weight excluding hydrogens is 333 g/mol. The summed E-state index contributed by atoms with van der Waals surface area (Å²) in [5, 5.41) is 12.4. The zero-order chi connectivity index (χ0) is 17.8. The normalized spacial score (nSPS) is 22.1. The van der Waals surface area contributed by atoms with Crippen molar-refractivity contribution in [2.24, 2.45) is 5.92 Å². The molecule has 1 aromatic carbocycles. The average molecular weight is 359 g/mol. The van der Waals surface area contributed by atoms with E-state index in [-0.39, 0.29) is 5.82 Å². The first-order chi connectivity index (χ1) is 12.8. The number of tetrazole rings is 1. The van der Waals surface area contributed by atoms with Crippen LogP contribution in [-0.2, 0) is 24.2 Å². The molecular formula is C19H26FN5O. The van der Waals surface area contributed by atoms with Crippen LogP contribution in [-0.4, -0.2) is 50.9 Å². The Morgan fingerprint density at radius 2 is 2.08 bits per heavy atom. The van der Waals surface area contributed by atoms with Gasteiger partial charge in [0, 0.05) is 25.8 Å². The van der Waals surface area contributed by atoms with Gasteiger partial charge < -0.3 is 4.74 Å². The summed E-state index contributed by atoms with van der Waals surface area (Å²) in [5.74, 6) is 1.36. The third kappa shape index (κ3) is 4.27. The maximum Gasteiger partial charge on any atom is 0.165 e. The Kier molecular flexibility index (Phi) is 5.55. The Bertz CT molecular complexity index is 715. The summed E-state index contributed by atoms with van der Waals surface area (Å²) in [7, 11) is 0. The van der Waals surface area contributed by atoms with E-state index in [9.17, 15) is 4.39 Å². The molecule has 2 aliphatic rings. The monoisotopic (exact) mass is 359 g/mol. The van der Waals surface area contributed by atoms with Crippen LogP contribution in [0.15, 0.2) is 24.3 Å². The minimum absolute atomic E-state index is 0.160. The minimum atomic E-state index is -0.160. The van der Waals surface area contributed by atoms with Gasteiger partial charge in [-0.15, -0.1) is 5.10 Å². The fourth-order valence-corrected chi connectivity index (χ4v) is 4.10. The van der Waals surface area contributed by atoms with E-state index in [2.05, 4.69) is 20.4 Å². The molecule has 2 aromatic rings. The van der Waals surface area contributed by atoms with Gasteiger partial charge in [0.15, 0.2) is 5.82 Å². The van der Waals surface area contributed by atoms with Crippen LogP contribution >= 0.6 is 0 Å². The van der Waals surface area contributed by atoms with Gasteiger partial charge in [-0.1, -0.05) is 12.1 Å². The summed E-state index contributed by atoms with van der Waals surface area (Å²) >= 11 is 0. The maximum atomic E-state index is 13.5. The Morgan fingerprint density at radius 3 is 2.92 bits per heavy atom. The molecule has 2 aliphatic heterocycles. The predicted molar refractivity (Wildman–Crippen MR) is 94.9 cm³/mol. The summed E-state index contributed by atoms with van der Waals surface area (Å²) in [6.45, 7) is 4.35. The summed E-state index contributed by atoms with van der Waals surface area (Å²) in [6, 6.07) is 7.37. The summed E-state index contributed by atoms with van der Waals surface area (Å²) in [4.78, 5) is 2.44. The zero-order valence-electron chi connectivity index (χ0n) is 15.1. The predicted octanol–water partition coefficient (Wildman–Crippen LogP) is 2.45. The van der Waals surface area contributed by atoms with Gasteiger partial charge >= 0.3 is 0 Å². The van der Waals surface area contributed by atoms with E-state index in [1.165, 1.54) is 12.5 Å². The molecule has 6 nitrogen and oxygen atoms in total. The molecule has 0 saturated carbocycles. The van der Waals surface area contributed by atoms with Crippen molar-refractivity contribution in [3.8, 4) is 0 Å². The molecule has 1 aromatic heterocycles. The molecule has 1 unspecified atom stereocenters. The Morgan fingerprint density at radius 1 is 1.19 bits per heavy atom. The molecule has 0 N–H and O–H groups in total. The number of ether oxygens (including phenoxy) is 1. The van der Waals surface area contributed by atoms with Crippen molar-refractivity contribution in [1.29, 1.82) is 0 Å². The number of hydrogen-bond acceptors (Lipinski definition) is 5. The van der Waals surface area contributed by atoms with Crippen LogP contribution in [0.5, 0.6) is 0 Å². The average Bonchev–Trinajstić information content (AvgIpc) is 3.26. The van der Waals surface area contributed by atoms with Gasteiger partial charge in [0.25, 0.3) is 0 Å². The Balaban J connectivity index is 1.39. The topological polar surface area (TPSA) is 56.1 Å². The molecule has 7 heteroatoms. The lowest BCUT2D eigenvalue weighted by Gasteiger charge is -2.25. The molecule has 1 atom stereocenters. The van der Waals surface area contributed by atoms with Crippen molar-refractivity contribution in [2.75, 3.05) is 19.8 Å². The largest absolute Gasteiger partial charge is 0.381 e. The van der Waals surface area contributed by atoms with Crippen LogP contribution in [0, 0.1) is 11.7 Å². The second-order valence-corrected chi connectivity index (χ2v) is 7.43. The smallest absolute Gasteiger partial charge is 0.165 e. The van der Waals surface area contributed by atoms with Crippen LogP contribution in [0.25, 0.3) is 0 Å². The number of hydrogen-bond donors (Lipinski definition) is 0. The molecule has 0 aliphatic carbocycles. The maximum absolute atomic E-state index is 13.5. The second-order valence-electron chi connectivity index (χ2n) is 7.43. The van der Waals surface area contributed by atoms with E-state index >= 15 is 0 Å². The van der Waals surface area contributed by atoms with E-state index in [1.54, 1.807) is 12.1 Å². The van der Waals surface area contributed by atoms with Crippen molar-refractivity contribution >= 4 is 0 Å². The highest BCUT2D eigenvalue weighted by Gasteiger charge is 2.27. The van der Waals surface area contributed by atoms with Gasteiger partial charge in [-0.25, -0.2) is 9.07 Å². The van der Waals surface area contributed by atoms with Crippen molar-refractivity contribution in [1.82, 2.24) is 25.1 Å². The molecule has 0 bridgehead atoms. The third-order valence-electron chi connectivity index (χ3n) is 5.58. The zero-order valence-corrected chi connectivity index (χ0v) is 15.1. The Hall–Kier alpha value is -1.86. The number of nitrogens with zero attached hydrogens (tertiary/aromatic N) is 5. The van der Waals surface area contributed by atoms with Crippen molar-refractivity contribution in [3.05, 3.63) is 41.5 Å². The van der Waals surface area contributed by atoms with E-state index in [4.69, 9.17) is 4.74 Å². The fourth-order valence-electron chi connectivity index (χ4n) is 4.10. The number of aromatic nitrogens is 4. The van der Waals surface area contributed by atoms with E-state index in [1.807, 2.05) is 10.7 Å². The molecule has 2 saturated heterocycles. The lowest BCUT2D eigenvalue weighted by atomic mass is 10.0. The second kappa shape index (κ2) is 8.22. The number of benzene rings is 1. The van der Waals surface area contributed by atoms with Gasteiger partial charge in [-0.2, -0.15) is 0 Å². The highest BCUT2D eigenvalue weighted by Crippen LogP contribution is 2.24. The first-order valence-electron chi connectivity index (χ1n) is 9.59. The molecule has 0 amide bonds. The van der Waals surface area contributed by atoms with E-state index in [0.29, 0.717) is 12.0 Å². The van der Waals surface area contributed by atoms with E-state index < -0.39 is 0 Å². The minimum Gasteiger partial charge on any atom is -0.381 e. The van der Waals surface area contributed by atoms with Gasteiger partial charge in [0.05, 0.1) is 6.54 Å². The lowest BCUT2D eigenvalue weighted by Crippen LogP contribution is -2.32. The summed E-state index contributed by atoms with van der Waals surface area (Å²) < 4.78 is 20.9. The number of halogens is 1. The van der Waals surface area contributed by atoms with Gasteiger partial charge in [-0.3, -0.25) is 4.90 Å². The standard InChI is InChI=1S/C19H26FN5O/c20-17-4-1-3-16(11-17)12-18-5-2-8-24(18)14-19-21-22-23-25(19)13-15-6-9-26-10-7-15/h1,3-4,11,15,18H,2,5-10,12-14H2. The number of rotatable bonds is 6. The molecule has 2 fully saturated rings. The van der Waals surface area contributed by atoms with Crippen molar-refractivity contribution < 1.29 is 9.13 Å². The molecule has 0 spiro atoms. The SMILES string of the molecule is Fc1cccc(CC2CCCN2Cc2nnnn2CC2CCOCC2)c1. The van der Waals surface area contributed by atoms with Gasteiger partial charge in [0.2, 0.25) is 0 Å². The third-order valence-corrected chi connectivity index (χ3v) is 5.58. The number of likely N-dealkylation sites (tertiary alicyclic amines) is 1.